The number of carboxylic acid groups (broad SMARTS) is 1. The molecule has 1 aliphatic rings. The minimum absolute atomic E-state index is 0.0256. The third-order valence-electron chi connectivity index (χ3n) is 4.73. The summed E-state index contributed by atoms with van der Waals surface area (Å²) in [5, 5.41) is 10.1. The molecule has 0 aliphatic carbocycles. The zero-order chi connectivity index (χ0) is 19.8. The second-order valence-electron chi connectivity index (χ2n) is 6.39. The predicted molar refractivity (Wildman–Crippen MR) is 97.1 cm³/mol. The van der Waals surface area contributed by atoms with Crippen LogP contribution in [-0.2, 0) is 11.0 Å². The van der Waals surface area contributed by atoms with Gasteiger partial charge in [-0.15, -0.1) is 0 Å². The van der Waals surface area contributed by atoms with E-state index in [-0.39, 0.29) is 10.6 Å². The summed E-state index contributed by atoms with van der Waals surface area (Å²) in [7, 11) is 0. The molecule has 0 amide bonds. The van der Waals surface area contributed by atoms with Crippen LogP contribution in [0.15, 0.2) is 42.5 Å². The zero-order valence-corrected chi connectivity index (χ0v) is 15.5. The SMILES string of the molecule is O=C(O)C1CCCN1C(c1ccc(Cl)cc1Cl)c1ccccc1C(F)(F)F. The summed E-state index contributed by atoms with van der Waals surface area (Å²) in [6.45, 7) is 0.354. The molecule has 0 radical (unpaired) electrons. The first-order valence-electron chi connectivity index (χ1n) is 8.29. The van der Waals surface area contributed by atoms with Gasteiger partial charge in [0.1, 0.15) is 6.04 Å². The molecular formula is C19H16Cl2F3NO2. The number of halogens is 5. The molecule has 1 saturated heterocycles. The molecule has 1 aliphatic heterocycles. The van der Waals surface area contributed by atoms with Crippen LogP contribution in [0.25, 0.3) is 0 Å². The summed E-state index contributed by atoms with van der Waals surface area (Å²) in [6, 6.07) is 7.90. The monoisotopic (exact) mass is 417 g/mol. The van der Waals surface area contributed by atoms with E-state index in [1.54, 1.807) is 11.0 Å². The Hall–Kier alpha value is -1.76. The Kier molecular flexibility index (Phi) is 5.70. The molecule has 0 spiro atoms. The van der Waals surface area contributed by atoms with Gasteiger partial charge in [0.2, 0.25) is 0 Å². The fourth-order valence-corrected chi connectivity index (χ4v) is 4.12. The van der Waals surface area contributed by atoms with Gasteiger partial charge in [0.25, 0.3) is 0 Å². The first kappa shape index (κ1) is 20.0. The number of carbonyl (C=O) groups is 1. The molecule has 2 unspecified atom stereocenters. The van der Waals surface area contributed by atoms with Crippen molar-refractivity contribution in [1.29, 1.82) is 0 Å². The molecule has 0 saturated carbocycles. The Morgan fingerprint density at radius 3 is 2.48 bits per heavy atom. The number of rotatable bonds is 4. The molecule has 1 heterocycles. The van der Waals surface area contributed by atoms with E-state index in [1.807, 2.05) is 0 Å². The molecule has 3 rings (SSSR count). The van der Waals surface area contributed by atoms with E-state index < -0.39 is 29.8 Å². The molecule has 2 atom stereocenters. The van der Waals surface area contributed by atoms with Gasteiger partial charge in [-0.3, -0.25) is 9.69 Å². The lowest BCUT2D eigenvalue weighted by atomic mass is 9.92. The number of carboxylic acids is 1. The van der Waals surface area contributed by atoms with Gasteiger partial charge < -0.3 is 5.11 Å². The van der Waals surface area contributed by atoms with Crippen LogP contribution in [0.4, 0.5) is 13.2 Å². The second kappa shape index (κ2) is 7.70. The van der Waals surface area contributed by atoms with Crippen molar-refractivity contribution in [2.24, 2.45) is 0 Å². The van der Waals surface area contributed by atoms with Gasteiger partial charge in [0.05, 0.1) is 11.6 Å². The first-order chi connectivity index (χ1) is 12.7. The Balaban J connectivity index is 2.22. The van der Waals surface area contributed by atoms with Crippen LogP contribution in [-0.4, -0.2) is 28.6 Å². The Labute approximate surface area is 164 Å². The van der Waals surface area contributed by atoms with Gasteiger partial charge >= 0.3 is 12.1 Å². The predicted octanol–water partition coefficient (Wildman–Crippen LogP) is 5.65. The van der Waals surface area contributed by atoms with Crippen LogP contribution >= 0.6 is 23.2 Å². The van der Waals surface area contributed by atoms with Gasteiger partial charge in [-0.1, -0.05) is 47.5 Å². The highest BCUT2D eigenvalue weighted by Crippen LogP contribution is 2.43. The number of aliphatic carboxylic acids is 1. The molecule has 3 nitrogen and oxygen atoms in total. The van der Waals surface area contributed by atoms with Gasteiger partial charge in [0, 0.05) is 16.6 Å². The maximum Gasteiger partial charge on any atom is 0.416 e. The topological polar surface area (TPSA) is 40.5 Å². The number of hydrogen-bond donors (Lipinski definition) is 1. The van der Waals surface area contributed by atoms with E-state index >= 15 is 0 Å². The van der Waals surface area contributed by atoms with Gasteiger partial charge in [0.15, 0.2) is 0 Å². The Morgan fingerprint density at radius 1 is 1.15 bits per heavy atom. The zero-order valence-electron chi connectivity index (χ0n) is 14.0. The maximum absolute atomic E-state index is 13.6. The standard InChI is InChI=1S/C19H16Cl2F3NO2/c20-11-7-8-13(15(21)10-11)17(25-9-3-6-16(25)18(26)27)12-4-1-2-5-14(12)19(22,23)24/h1-2,4-5,7-8,10,16-17H,3,6,9H2,(H,26,27). The summed E-state index contributed by atoms with van der Waals surface area (Å²) in [5.74, 6) is -1.06. The third-order valence-corrected chi connectivity index (χ3v) is 5.29. The van der Waals surface area contributed by atoms with Crippen LogP contribution in [0.2, 0.25) is 10.0 Å². The van der Waals surface area contributed by atoms with Crippen molar-refractivity contribution in [3.05, 3.63) is 69.2 Å². The minimum atomic E-state index is -4.58. The third kappa shape index (κ3) is 4.08. The summed E-state index contributed by atoms with van der Waals surface area (Å²) >= 11 is 12.2. The lowest BCUT2D eigenvalue weighted by molar-refractivity contribution is -0.143. The van der Waals surface area contributed by atoms with Crippen LogP contribution in [0, 0.1) is 0 Å². The highest BCUT2D eigenvalue weighted by Gasteiger charge is 2.42. The highest BCUT2D eigenvalue weighted by atomic mass is 35.5. The van der Waals surface area contributed by atoms with Crippen molar-refractivity contribution in [2.75, 3.05) is 6.54 Å². The van der Waals surface area contributed by atoms with Gasteiger partial charge in [-0.2, -0.15) is 13.2 Å². The van der Waals surface area contributed by atoms with Crippen LogP contribution in [0.3, 0.4) is 0 Å². The number of benzene rings is 2. The molecular weight excluding hydrogens is 402 g/mol. The first-order valence-corrected chi connectivity index (χ1v) is 9.05. The maximum atomic E-state index is 13.6. The van der Waals surface area contributed by atoms with E-state index in [2.05, 4.69) is 0 Å². The number of nitrogens with zero attached hydrogens (tertiary/aromatic N) is 1. The molecule has 0 bridgehead atoms. The van der Waals surface area contributed by atoms with E-state index in [9.17, 15) is 23.1 Å². The molecule has 27 heavy (non-hydrogen) atoms. The van der Waals surface area contributed by atoms with E-state index in [0.29, 0.717) is 30.0 Å². The van der Waals surface area contributed by atoms with Crippen molar-refractivity contribution in [3.63, 3.8) is 0 Å². The normalized spacial score (nSPS) is 19.2. The average Bonchev–Trinajstić information content (AvgIpc) is 3.06. The summed E-state index contributed by atoms with van der Waals surface area (Å²) in [5.41, 5.74) is -0.439. The van der Waals surface area contributed by atoms with Crippen LogP contribution < -0.4 is 0 Å². The van der Waals surface area contributed by atoms with E-state index in [1.165, 1.54) is 30.3 Å². The average molecular weight is 418 g/mol. The molecule has 2 aromatic rings. The molecule has 144 valence electrons. The van der Waals surface area contributed by atoms with Gasteiger partial charge in [-0.05, 0) is 42.2 Å². The van der Waals surface area contributed by atoms with Crippen molar-refractivity contribution < 1.29 is 23.1 Å². The molecule has 1 fully saturated rings. The number of hydrogen-bond acceptors (Lipinski definition) is 2. The molecule has 2 aromatic carbocycles. The number of likely N-dealkylation sites (tertiary alicyclic amines) is 1. The number of alkyl halides is 3. The highest BCUT2D eigenvalue weighted by molar-refractivity contribution is 6.35. The summed E-state index contributed by atoms with van der Waals surface area (Å²) in [4.78, 5) is 13.3. The lowest BCUT2D eigenvalue weighted by Crippen LogP contribution is -2.40. The van der Waals surface area contributed by atoms with Crippen molar-refractivity contribution in [1.82, 2.24) is 4.90 Å². The van der Waals surface area contributed by atoms with Crippen LogP contribution in [0.1, 0.15) is 35.6 Å². The van der Waals surface area contributed by atoms with Crippen molar-refractivity contribution >= 4 is 29.2 Å². The fraction of sp³-hybridized carbons (Fsp3) is 0.316. The minimum Gasteiger partial charge on any atom is -0.480 e. The van der Waals surface area contributed by atoms with E-state index in [4.69, 9.17) is 23.2 Å². The quantitative estimate of drug-likeness (QED) is 0.698. The van der Waals surface area contributed by atoms with Gasteiger partial charge in [-0.25, -0.2) is 0 Å². The van der Waals surface area contributed by atoms with Crippen molar-refractivity contribution in [3.8, 4) is 0 Å². The van der Waals surface area contributed by atoms with Crippen LogP contribution in [0.5, 0.6) is 0 Å². The summed E-state index contributed by atoms with van der Waals surface area (Å²) in [6.07, 6.45) is -3.63. The smallest absolute Gasteiger partial charge is 0.416 e. The molecule has 8 heteroatoms. The molecule has 1 N–H and O–H groups in total. The summed E-state index contributed by atoms with van der Waals surface area (Å²) < 4.78 is 40.9. The molecule has 0 aromatic heterocycles. The Morgan fingerprint density at radius 2 is 1.85 bits per heavy atom. The second-order valence-corrected chi connectivity index (χ2v) is 7.23. The fourth-order valence-electron chi connectivity index (χ4n) is 3.60. The Bertz CT molecular complexity index is 857. The largest absolute Gasteiger partial charge is 0.480 e. The van der Waals surface area contributed by atoms with E-state index in [0.717, 1.165) is 6.07 Å². The lowest BCUT2D eigenvalue weighted by Gasteiger charge is -2.34. The van der Waals surface area contributed by atoms with Crippen molar-refractivity contribution in [2.45, 2.75) is 31.1 Å².